The van der Waals surface area contributed by atoms with E-state index in [2.05, 4.69) is 27.9 Å². The molecule has 0 radical (unpaired) electrons. The van der Waals surface area contributed by atoms with Gasteiger partial charge in [-0.25, -0.2) is 0 Å². The van der Waals surface area contributed by atoms with Crippen molar-refractivity contribution in [1.82, 2.24) is 4.90 Å². The second-order valence-corrected chi connectivity index (χ2v) is 7.42. The van der Waals surface area contributed by atoms with Gasteiger partial charge in [-0.15, -0.1) is 0 Å². The minimum Gasteiger partial charge on any atom is -0.388 e. The van der Waals surface area contributed by atoms with Crippen LogP contribution >= 0.6 is 27.5 Å². The Bertz CT molecular complexity index is 446. The van der Waals surface area contributed by atoms with Crippen LogP contribution in [0.5, 0.6) is 0 Å². The van der Waals surface area contributed by atoms with E-state index in [1.807, 2.05) is 18.2 Å². The van der Waals surface area contributed by atoms with Crippen LogP contribution in [0.4, 0.5) is 0 Å². The van der Waals surface area contributed by atoms with Crippen molar-refractivity contribution >= 4 is 27.5 Å². The Morgan fingerprint density at radius 1 is 1.29 bits per heavy atom. The molecular formula is C17H25BrClNO. The lowest BCUT2D eigenvalue weighted by Gasteiger charge is -2.28. The molecule has 21 heavy (non-hydrogen) atoms. The van der Waals surface area contributed by atoms with Gasteiger partial charge in [0.15, 0.2) is 0 Å². The summed E-state index contributed by atoms with van der Waals surface area (Å²) in [5, 5.41) is 11.0. The van der Waals surface area contributed by atoms with Gasteiger partial charge in [0.2, 0.25) is 0 Å². The normalized spacial score (nSPS) is 18.7. The molecule has 0 amide bonds. The van der Waals surface area contributed by atoms with Crippen molar-refractivity contribution in [3.05, 3.63) is 33.3 Å². The van der Waals surface area contributed by atoms with Gasteiger partial charge in [-0.2, -0.15) is 0 Å². The molecule has 1 atom stereocenters. The van der Waals surface area contributed by atoms with E-state index in [9.17, 15) is 5.11 Å². The summed E-state index contributed by atoms with van der Waals surface area (Å²) in [5.74, 6) is 0. The summed E-state index contributed by atoms with van der Waals surface area (Å²) in [6, 6.07) is 6.36. The Morgan fingerprint density at radius 2 is 1.95 bits per heavy atom. The molecule has 4 heteroatoms. The van der Waals surface area contributed by atoms with Crippen molar-refractivity contribution in [2.45, 2.75) is 57.1 Å². The number of hydrogen-bond donors (Lipinski definition) is 1. The Kier molecular flexibility index (Phi) is 7.00. The van der Waals surface area contributed by atoms with E-state index in [-0.39, 0.29) is 0 Å². The molecule has 0 aromatic heterocycles. The zero-order chi connectivity index (χ0) is 15.2. The van der Waals surface area contributed by atoms with Crippen LogP contribution in [0.2, 0.25) is 5.02 Å². The van der Waals surface area contributed by atoms with Crippen LogP contribution in [0.1, 0.15) is 56.6 Å². The van der Waals surface area contributed by atoms with E-state index in [1.165, 1.54) is 38.5 Å². The predicted octanol–water partition coefficient (Wildman–Crippen LogP) is 5.18. The van der Waals surface area contributed by atoms with Crippen molar-refractivity contribution < 1.29 is 5.11 Å². The van der Waals surface area contributed by atoms with E-state index in [1.54, 1.807) is 0 Å². The summed E-state index contributed by atoms with van der Waals surface area (Å²) in [7, 11) is 2.19. The summed E-state index contributed by atoms with van der Waals surface area (Å²) in [6.45, 7) is 0.915. The van der Waals surface area contributed by atoms with Gasteiger partial charge in [0, 0.05) is 22.1 Å². The highest BCUT2D eigenvalue weighted by Gasteiger charge is 2.19. The summed E-state index contributed by atoms with van der Waals surface area (Å²) >= 11 is 9.60. The average Bonchev–Trinajstić information content (AvgIpc) is 2.73. The maximum atomic E-state index is 10.4. The molecule has 0 aliphatic heterocycles. The first kappa shape index (κ1) is 17.3. The van der Waals surface area contributed by atoms with Crippen LogP contribution in [0.15, 0.2) is 22.7 Å². The molecule has 1 saturated carbocycles. The zero-order valence-electron chi connectivity index (χ0n) is 12.7. The fraction of sp³-hybridized carbons (Fsp3) is 0.647. The van der Waals surface area contributed by atoms with Gasteiger partial charge in [-0.1, -0.05) is 59.3 Å². The van der Waals surface area contributed by atoms with Crippen LogP contribution in [0.25, 0.3) is 0 Å². The third-order valence-corrected chi connectivity index (χ3v) is 5.35. The average molecular weight is 375 g/mol. The molecular weight excluding hydrogens is 350 g/mol. The lowest BCUT2D eigenvalue weighted by molar-refractivity contribution is 0.132. The van der Waals surface area contributed by atoms with Crippen LogP contribution in [0, 0.1) is 0 Å². The summed E-state index contributed by atoms with van der Waals surface area (Å²) in [6.07, 6.45) is 8.28. The number of nitrogens with zero attached hydrogens (tertiary/aromatic N) is 1. The number of halogens is 2. The fourth-order valence-electron chi connectivity index (χ4n) is 3.13. The van der Waals surface area contributed by atoms with Crippen LogP contribution in [-0.2, 0) is 0 Å². The van der Waals surface area contributed by atoms with Crippen molar-refractivity contribution in [3.63, 3.8) is 0 Å². The highest BCUT2D eigenvalue weighted by atomic mass is 79.9. The van der Waals surface area contributed by atoms with E-state index < -0.39 is 6.10 Å². The highest BCUT2D eigenvalue weighted by Crippen LogP contribution is 2.29. The molecule has 2 nitrogen and oxygen atoms in total. The molecule has 0 saturated heterocycles. The van der Waals surface area contributed by atoms with Gasteiger partial charge in [-0.05, 0) is 44.0 Å². The first-order chi connectivity index (χ1) is 10.1. The number of benzene rings is 1. The van der Waals surface area contributed by atoms with E-state index >= 15 is 0 Å². The van der Waals surface area contributed by atoms with Gasteiger partial charge in [0.25, 0.3) is 0 Å². The fourth-order valence-corrected chi connectivity index (χ4v) is 3.93. The molecule has 1 aliphatic carbocycles. The first-order valence-electron chi connectivity index (χ1n) is 7.91. The molecule has 2 rings (SSSR count). The number of aliphatic hydroxyl groups is 1. The molecule has 1 aliphatic rings. The number of rotatable bonds is 5. The maximum absolute atomic E-state index is 10.4. The quantitative estimate of drug-likeness (QED) is 0.718. The molecule has 0 bridgehead atoms. The van der Waals surface area contributed by atoms with E-state index in [0.717, 1.165) is 23.0 Å². The van der Waals surface area contributed by atoms with Crippen molar-refractivity contribution in [2.75, 3.05) is 13.6 Å². The van der Waals surface area contributed by atoms with E-state index in [4.69, 9.17) is 11.6 Å². The Morgan fingerprint density at radius 3 is 2.57 bits per heavy atom. The Labute approximate surface area is 141 Å². The van der Waals surface area contributed by atoms with Gasteiger partial charge in [0.1, 0.15) is 0 Å². The molecule has 1 aromatic carbocycles. The SMILES string of the molecule is CN(CCC(O)c1ccc(Br)cc1Cl)C1CCCCCC1. The molecule has 1 unspecified atom stereocenters. The topological polar surface area (TPSA) is 23.5 Å². The summed E-state index contributed by atoms with van der Waals surface area (Å²) in [4.78, 5) is 2.42. The van der Waals surface area contributed by atoms with E-state index in [0.29, 0.717) is 11.1 Å². The van der Waals surface area contributed by atoms with Crippen molar-refractivity contribution in [2.24, 2.45) is 0 Å². The Hall–Kier alpha value is -0.0900. The first-order valence-corrected chi connectivity index (χ1v) is 9.08. The van der Waals surface area contributed by atoms with Gasteiger partial charge in [0.05, 0.1) is 6.10 Å². The third kappa shape index (κ3) is 5.24. The molecule has 1 N–H and O–H groups in total. The minimum absolute atomic E-state index is 0.487. The van der Waals surface area contributed by atoms with Crippen LogP contribution in [-0.4, -0.2) is 29.6 Å². The monoisotopic (exact) mass is 373 g/mol. The smallest absolute Gasteiger partial charge is 0.0816 e. The largest absolute Gasteiger partial charge is 0.388 e. The zero-order valence-corrected chi connectivity index (χ0v) is 15.0. The lowest BCUT2D eigenvalue weighted by Crippen LogP contribution is -2.32. The molecule has 0 heterocycles. The third-order valence-electron chi connectivity index (χ3n) is 4.52. The van der Waals surface area contributed by atoms with Gasteiger partial charge >= 0.3 is 0 Å². The van der Waals surface area contributed by atoms with Crippen molar-refractivity contribution in [1.29, 1.82) is 0 Å². The minimum atomic E-state index is -0.487. The van der Waals surface area contributed by atoms with Crippen LogP contribution < -0.4 is 0 Å². The highest BCUT2D eigenvalue weighted by molar-refractivity contribution is 9.10. The van der Waals surface area contributed by atoms with Crippen LogP contribution in [0.3, 0.4) is 0 Å². The maximum Gasteiger partial charge on any atom is 0.0816 e. The van der Waals surface area contributed by atoms with Gasteiger partial charge < -0.3 is 10.0 Å². The standard InChI is InChI=1S/C17H25BrClNO/c1-20(14-6-4-2-3-5-7-14)11-10-17(21)15-9-8-13(18)12-16(15)19/h8-9,12,14,17,21H,2-7,10-11H2,1H3. The summed E-state index contributed by atoms with van der Waals surface area (Å²) in [5.41, 5.74) is 0.828. The molecule has 118 valence electrons. The number of aliphatic hydroxyl groups excluding tert-OH is 1. The number of hydrogen-bond acceptors (Lipinski definition) is 2. The second-order valence-electron chi connectivity index (χ2n) is 6.10. The second kappa shape index (κ2) is 8.52. The lowest BCUT2D eigenvalue weighted by atomic mass is 10.0. The van der Waals surface area contributed by atoms with Crippen molar-refractivity contribution in [3.8, 4) is 0 Å². The molecule has 0 spiro atoms. The van der Waals surface area contributed by atoms with Gasteiger partial charge in [-0.3, -0.25) is 0 Å². The predicted molar refractivity (Wildman–Crippen MR) is 92.8 cm³/mol. The summed E-state index contributed by atoms with van der Waals surface area (Å²) < 4.78 is 0.944. The Balaban J connectivity index is 1.86. The molecule has 1 aromatic rings. The molecule has 1 fully saturated rings.